The van der Waals surface area contributed by atoms with Crippen LogP contribution in [0.3, 0.4) is 0 Å². The first-order chi connectivity index (χ1) is 12.7. The molecule has 27 heavy (non-hydrogen) atoms. The fraction of sp³-hybridized carbons (Fsp3) is 0.350. The van der Waals surface area contributed by atoms with Gasteiger partial charge in [-0.05, 0) is 56.9 Å². The maximum Gasteiger partial charge on any atom is 0.494 e. The minimum absolute atomic E-state index is 0.305. The SMILES string of the molecule is CC1(C)OB(c2cccc(NC(=O)NCc3ccccc3Cl)c2)OC1(C)C. The van der Waals surface area contributed by atoms with Gasteiger partial charge in [-0.2, -0.15) is 0 Å². The second-order valence-electron chi connectivity index (χ2n) is 7.61. The van der Waals surface area contributed by atoms with Crippen molar-refractivity contribution in [1.82, 2.24) is 5.32 Å². The third-order valence-electron chi connectivity index (χ3n) is 5.07. The molecule has 2 aromatic rings. The number of halogens is 1. The molecule has 0 radical (unpaired) electrons. The van der Waals surface area contributed by atoms with Crippen LogP contribution in [0.25, 0.3) is 0 Å². The maximum atomic E-state index is 12.2. The number of urea groups is 1. The van der Waals surface area contributed by atoms with Crippen LogP contribution in [0, 0.1) is 0 Å². The van der Waals surface area contributed by atoms with Gasteiger partial charge in [-0.25, -0.2) is 4.79 Å². The molecule has 0 bridgehead atoms. The maximum absolute atomic E-state index is 12.2. The lowest BCUT2D eigenvalue weighted by atomic mass is 9.79. The summed E-state index contributed by atoms with van der Waals surface area (Å²) in [7, 11) is -0.470. The molecule has 1 aliphatic rings. The van der Waals surface area contributed by atoms with Gasteiger partial charge in [-0.15, -0.1) is 0 Å². The van der Waals surface area contributed by atoms with Crippen LogP contribution in [0.5, 0.6) is 0 Å². The fourth-order valence-corrected chi connectivity index (χ4v) is 2.94. The summed E-state index contributed by atoms with van der Waals surface area (Å²) in [5.41, 5.74) is 1.57. The van der Waals surface area contributed by atoms with Crippen LogP contribution in [0.1, 0.15) is 33.3 Å². The summed E-state index contributed by atoms with van der Waals surface area (Å²) in [6.07, 6.45) is 0. The molecule has 0 aliphatic carbocycles. The van der Waals surface area contributed by atoms with Crippen molar-refractivity contribution in [2.75, 3.05) is 5.32 Å². The molecule has 0 unspecified atom stereocenters. The predicted molar refractivity (Wildman–Crippen MR) is 109 cm³/mol. The van der Waals surface area contributed by atoms with Crippen LogP contribution in [0.15, 0.2) is 48.5 Å². The molecule has 2 aromatic carbocycles. The summed E-state index contributed by atoms with van der Waals surface area (Å²) in [6, 6.07) is 14.6. The molecular weight excluding hydrogens is 362 g/mol. The van der Waals surface area contributed by atoms with Crippen LogP contribution in [0.4, 0.5) is 10.5 Å². The van der Waals surface area contributed by atoms with Crippen molar-refractivity contribution in [1.29, 1.82) is 0 Å². The molecule has 5 nitrogen and oxygen atoms in total. The summed E-state index contributed by atoms with van der Waals surface area (Å²) in [4.78, 5) is 12.2. The Kier molecular flexibility index (Phi) is 5.51. The van der Waals surface area contributed by atoms with E-state index in [-0.39, 0.29) is 6.03 Å². The Morgan fingerprint density at radius 2 is 1.70 bits per heavy atom. The van der Waals surface area contributed by atoms with E-state index in [0.717, 1.165) is 11.0 Å². The number of amides is 2. The highest BCUT2D eigenvalue weighted by molar-refractivity contribution is 6.62. The van der Waals surface area contributed by atoms with Gasteiger partial charge in [-0.3, -0.25) is 0 Å². The Labute approximate surface area is 165 Å². The number of benzene rings is 2. The van der Waals surface area contributed by atoms with Gasteiger partial charge in [-0.1, -0.05) is 41.9 Å². The lowest BCUT2D eigenvalue weighted by Gasteiger charge is -2.32. The van der Waals surface area contributed by atoms with Gasteiger partial charge in [0.25, 0.3) is 0 Å². The van der Waals surface area contributed by atoms with Gasteiger partial charge in [0.15, 0.2) is 0 Å². The van der Waals surface area contributed by atoms with Crippen LogP contribution >= 0.6 is 11.6 Å². The molecule has 1 heterocycles. The molecule has 2 N–H and O–H groups in total. The topological polar surface area (TPSA) is 59.6 Å². The summed E-state index contributed by atoms with van der Waals surface area (Å²) >= 11 is 6.11. The Morgan fingerprint density at radius 1 is 1.04 bits per heavy atom. The van der Waals surface area contributed by atoms with Crippen LogP contribution in [0.2, 0.25) is 5.02 Å². The number of carbonyl (C=O) groups is 1. The molecule has 0 spiro atoms. The van der Waals surface area contributed by atoms with Gasteiger partial charge in [0.05, 0.1) is 11.2 Å². The third kappa shape index (κ3) is 4.46. The largest absolute Gasteiger partial charge is 0.494 e. The molecule has 0 atom stereocenters. The molecule has 1 aliphatic heterocycles. The minimum atomic E-state index is -0.470. The van der Waals surface area contributed by atoms with E-state index < -0.39 is 18.3 Å². The van der Waals surface area contributed by atoms with E-state index in [1.165, 1.54) is 0 Å². The third-order valence-corrected chi connectivity index (χ3v) is 5.44. The standard InChI is InChI=1S/C20H24BClN2O3/c1-19(2)20(3,4)27-21(26-19)15-9-7-10-16(12-15)24-18(25)23-13-14-8-5-6-11-17(14)22/h5-12H,13H2,1-4H3,(H2,23,24,25). The van der Waals surface area contributed by atoms with E-state index in [9.17, 15) is 4.79 Å². The molecule has 1 saturated heterocycles. The number of carbonyl (C=O) groups excluding carboxylic acids is 1. The Balaban J connectivity index is 1.63. The van der Waals surface area contributed by atoms with E-state index in [4.69, 9.17) is 20.9 Å². The smallest absolute Gasteiger partial charge is 0.399 e. The monoisotopic (exact) mass is 386 g/mol. The van der Waals surface area contributed by atoms with Gasteiger partial charge >= 0.3 is 13.1 Å². The summed E-state index contributed by atoms with van der Waals surface area (Å²) in [6.45, 7) is 8.39. The van der Waals surface area contributed by atoms with E-state index in [1.807, 2.05) is 70.2 Å². The number of hydrogen-bond acceptors (Lipinski definition) is 3. The Hall–Kier alpha value is -2.02. The average molecular weight is 387 g/mol. The second-order valence-corrected chi connectivity index (χ2v) is 8.02. The van der Waals surface area contributed by atoms with E-state index in [0.29, 0.717) is 17.3 Å². The Bertz CT molecular complexity index is 825. The lowest BCUT2D eigenvalue weighted by Crippen LogP contribution is -2.41. The average Bonchev–Trinajstić information content (AvgIpc) is 2.82. The first-order valence-electron chi connectivity index (χ1n) is 8.92. The zero-order valence-electron chi connectivity index (χ0n) is 16.0. The first kappa shape index (κ1) is 19.7. The minimum Gasteiger partial charge on any atom is -0.399 e. The van der Waals surface area contributed by atoms with E-state index in [2.05, 4.69) is 10.6 Å². The van der Waals surface area contributed by atoms with Crippen molar-refractivity contribution < 1.29 is 14.1 Å². The van der Waals surface area contributed by atoms with Crippen LogP contribution in [-0.4, -0.2) is 24.4 Å². The zero-order chi connectivity index (χ0) is 19.7. The quantitative estimate of drug-likeness (QED) is 0.782. The normalized spacial score (nSPS) is 17.6. The van der Waals surface area contributed by atoms with Gasteiger partial charge < -0.3 is 19.9 Å². The molecule has 0 aromatic heterocycles. The number of hydrogen-bond donors (Lipinski definition) is 2. The summed E-state index contributed by atoms with van der Waals surface area (Å²) in [5, 5.41) is 6.26. The number of nitrogens with one attached hydrogen (secondary N) is 2. The molecule has 7 heteroatoms. The molecule has 2 amide bonds. The van der Waals surface area contributed by atoms with Crippen molar-refractivity contribution in [3.8, 4) is 0 Å². The van der Waals surface area contributed by atoms with E-state index in [1.54, 1.807) is 6.07 Å². The van der Waals surface area contributed by atoms with Crippen molar-refractivity contribution >= 4 is 35.9 Å². The van der Waals surface area contributed by atoms with Crippen LogP contribution in [-0.2, 0) is 15.9 Å². The van der Waals surface area contributed by atoms with Gasteiger partial charge in [0.1, 0.15) is 0 Å². The lowest BCUT2D eigenvalue weighted by molar-refractivity contribution is 0.00578. The van der Waals surface area contributed by atoms with Crippen molar-refractivity contribution in [3.05, 3.63) is 59.1 Å². The molecule has 0 saturated carbocycles. The van der Waals surface area contributed by atoms with E-state index >= 15 is 0 Å². The predicted octanol–water partition coefficient (Wildman–Crippen LogP) is 3.96. The Morgan fingerprint density at radius 3 is 2.37 bits per heavy atom. The molecule has 1 fully saturated rings. The van der Waals surface area contributed by atoms with Crippen molar-refractivity contribution in [2.45, 2.75) is 45.4 Å². The molecule has 3 rings (SSSR count). The summed E-state index contributed by atoms with van der Waals surface area (Å²) in [5.74, 6) is 0. The fourth-order valence-electron chi connectivity index (χ4n) is 2.73. The molecular formula is C20H24BClN2O3. The van der Waals surface area contributed by atoms with Gasteiger partial charge in [0.2, 0.25) is 0 Å². The first-order valence-corrected chi connectivity index (χ1v) is 9.30. The highest BCUT2D eigenvalue weighted by Crippen LogP contribution is 2.36. The zero-order valence-corrected chi connectivity index (χ0v) is 16.8. The molecule has 142 valence electrons. The van der Waals surface area contributed by atoms with Crippen molar-refractivity contribution in [2.24, 2.45) is 0 Å². The van der Waals surface area contributed by atoms with Crippen molar-refractivity contribution in [3.63, 3.8) is 0 Å². The number of rotatable bonds is 4. The van der Waals surface area contributed by atoms with Gasteiger partial charge in [0, 0.05) is 17.3 Å². The number of anilines is 1. The summed E-state index contributed by atoms with van der Waals surface area (Å²) < 4.78 is 12.1. The van der Waals surface area contributed by atoms with Crippen LogP contribution < -0.4 is 16.1 Å². The highest BCUT2D eigenvalue weighted by atomic mass is 35.5. The highest BCUT2D eigenvalue weighted by Gasteiger charge is 2.51. The second kappa shape index (κ2) is 7.54.